The maximum Gasteiger partial charge on any atom is 0.265 e. The van der Waals surface area contributed by atoms with Crippen LogP contribution in [0.15, 0.2) is 45.8 Å². The van der Waals surface area contributed by atoms with E-state index in [1.807, 2.05) is 19.9 Å². The van der Waals surface area contributed by atoms with Gasteiger partial charge in [0.05, 0.1) is 12.8 Å². The molecule has 0 bridgehead atoms. The van der Waals surface area contributed by atoms with Crippen LogP contribution >= 0.6 is 15.9 Å². The minimum absolute atomic E-state index is 0.0531. The predicted octanol–water partition coefficient (Wildman–Crippen LogP) is 4.31. The Bertz CT molecular complexity index is 913. The molecule has 140 valence electrons. The van der Waals surface area contributed by atoms with Gasteiger partial charge in [-0.3, -0.25) is 9.52 Å². The van der Waals surface area contributed by atoms with Gasteiger partial charge in [-0.05, 0) is 65.2 Å². The number of methoxy groups -OCH3 is 1. The van der Waals surface area contributed by atoms with E-state index in [0.717, 1.165) is 5.56 Å². The molecule has 1 amide bonds. The summed E-state index contributed by atoms with van der Waals surface area (Å²) in [4.78, 5) is 11.7. The number of carbonyl (C=O) groups excluding carboxylic acids is 1. The predicted molar refractivity (Wildman–Crippen MR) is 106 cm³/mol. The van der Waals surface area contributed by atoms with Crippen molar-refractivity contribution in [3.8, 4) is 5.75 Å². The van der Waals surface area contributed by atoms with Crippen molar-refractivity contribution in [3.63, 3.8) is 0 Å². The summed E-state index contributed by atoms with van der Waals surface area (Å²) in [7, 11) is -2.53. The van der Waals surface area contributed by atoms with Crippen LogP contribution in [0, 0.1) is 6.92 Å². The topological polar surface area (TPSA) is 84.5 Å². The molecule has 0 spiro atoms. The van der Waals surface area contributed by atoms with E-state index in [-0.39, 0.29) is 16.6 Å². The van der Waals surface area contributed by atoms with Gasteiger partial charge in [0.2, 0.25) is 5.91 Å². The zero-order chi connectivity index (χ0) is 19.3. The van der Waals surface area contributed by atoms with Gasteiger partial charge < -0.3 is 10.1 Å². The van der Waals surface area contributed by atoms with Crippen molar-refractivity contribution >= 4 is 43.2 Å². The molecule has 2 N–H and O–H groups in total. The van der Waals surface area contributed by atoms with Crippen molar-refractivity contribution in [2.24, 2.45) is 0 Å². The molecule has 0 saturated carbocycles. The number of halogens is 1. The molecule has 0 unspecified atom stereocenters. The van der Waals surface area contributed by atoms with Crippen molar-refractivity contribution in [2.75, 3.05) is 17.1 Å². The lowest BCUT2D eigenvalue weighted by Crippen LogP contribution is -2.16. The van der Waals surface area contributed by atoms with Gasteiger partial charge in [0, 0.05) is 16.6 Å². The van der Waals surface area contributed by atoms with Crippen LogP contribution in [0.3, 0.4) is 0 Å². The summed E-state index contributed by atoms with van der Waals surface area (Å²) >= 11 is 3.34. The molecule has 6 nitrogen and oxygen atoms in total. The molecule has 8 heteroatoms. The summed E-state index contributed by atoms with van der Waals surface area (Å²) in [5.74, 6) is 0.0187. The number of hydrogen-bond donors (Lipinski definition) is 2. The van der Waals surface area contributed by atoms with Gasteiger partial charge in [0.25, 0.3) is 10.0 Å². The van der Waals surface area contributed by atoms with Gasteiger partial charge in [0.15, 0.2) is 0 Å². The lowest BCUT2D eigenvalue weighted by molar-refractivity contribution is -0.116. The van der Waals surface area contributed by atoms with E-state index in [1.54, 1.807) is 18.2 Å². The number of amides is 1. The first kappa shape index (κ1) is 20.3. The molecular weight excluding hydrogens is 420 g/mol. The van der Waals surface area contributed by atoms with Crippen LogP contribution in [-0.4, -0.2) is 21.4 Å². The lowest BCUT2D eigenvalue weighted by atomic mass is 10.2. The number of aryl methyl sites for hydroxylation is 1. The van der Waals surface area contributed by atoms with Crippen LogP contribution in [0.2, 0.25) is 0 Å². The van der Waals surface area contributed by atoms with Gasteiger partial charge in [-0.25, -0.2) is 8.42 Å². The van der Waals surface area contributed by atoms with Crippen molar-refractivity contribution in [3.05, 3.63) is 46.4 Å². The van der Waals surface area contributed by atoms with Crippen LogP contribution in [0.25, 0.3) is 0 Å². The molecule has 0 aliphatic heterocycles. The highest BCUT2D eigenvalue weighted by Crippen LogP contribution is 2.31. The third-order valence-corrected chi connectivity index (χ3v) is 5.66. The van der Waals surface area contributed by atoms with Crippen LogP contribution < -0.4 is 14.8 Å². The fourth-order valence-corrected chi connectivity index (χ4v) is 4.08. The maximum atomic E-state index is 12.9. The van der Waals surface area contributed by atoms with Crippen molar-refractivity contribution in [1.29, 1.82) is 0 Å². The lowest BCUT2D eigenvalue weighted by Gasteiger charge is -2.15. The molecular formula is C18H21BrN2O4S. The fraction of sp³-hybridized carbons (Fsp3) is 0.278. The first-order valence-corrected chi connectivity index (χ1v) is 10.3. The van der Waals surface area contributed by atoms with Gasteiger partial charge in [-0.15, -0.1) is 0 Å². The van der Waals surface area contributed by atoms with Crippen LogP contribution in [0.5, 0.6) is 5.75 Å². The average molecular weight is 441 g/mol. The average Bonchev–Trinajstić information content (AvgIpc) is 2.58. The van der Waals surface area contributed by atoms with Crippen LogP contribution in [0.4, 0.5) is 11.4 Å². The Hall–Kier alpha value is -2.06. The van der Waals surface area contributed by atoms with Gasteiger partial charge in [-0.1, -0.05) is 13.0 Å². The summed E-state index contributed by atoms with van der Waals surface area (Å²) in [6.45, 7) is 3.77. The quantitative estimate of drug-likeness (QED) is 0.671. The standard InChI is InChI=1S/C18H21BrN2O4S/c1-4-5-18(22)20-13-7-9-16(25-3)17(11-13)26(23,24)21-15-10-12(2)6-8-14(15)19/h6-11,21H,4-5H2,1-3H3,(H,20,22). The number of nitrogens with one attached hydrogen (secondary N) is 2. The number of rotatable bonds is 7. The number of hydrogen-bond acceptors (Lipinski definition) is 4. The molecule has 0 aliphatic carbocycles. The highest BCUT2D eigenvalue weighted by atomic mass is 79.9. The number of carbonyl (C=O) groups is 1. The Balaban J connectivity index is 2.40. The molecule has 0 aromatic heterocycles. The molecule has 0 atom stereocenters. The van der Waals surface area contributed by atoms with Gasteiger partial charge >= 0.3 is 0 Å². The number of sulfonamides is 1. The Labute approximate surface area is 162 Å². The first-order valence-electron chi connectivity index (χ1n) is 8.03. The second-order valence-corrected chi connectivity index (χ2v) is 8.26. The molecule has 2 rings (SSSR count). The van der Waals surface area contributed by atoms with Crippen molar-refractivity contribution < 1.29 is 17.9 Å². The summed E-state index contributed by atoms with van der Waals surface area (Å²) in [6, 6.07) is 9.87. The van der Waals surface area contributed by atoms with E-state index >= 15 is 0 Å². The molecule has 2 aromatic carbocycles. The zero-order valence-electron chi connectivity index (χ0n) is 14.8. The first-order chi connectivity index (χ1) is 12.3. The number of benzene rings is 2. The van der Waals surface area contributed by atoms with E-state index in [2.05, 4.69) is 26.0 Å². The molecule has 2 aromatic rings. The van der Waals surface area contributed by atoms with Gasteiger partial charge in [0.1, 0.15) is 10.6 Å². The Morgan fingerprint density at radius 1 is 1.19 bits per heavy atom. The minimum atomic E-state index is -3.92. The SMILES string of the molecule is CCCC(=O)Nc1ccc(OC)c(S(=O)(=O)Nc2cc(C)ccc2Br)c1. The molecule has 0 radical (unpaired) electrons. The van der Waals surface area contributed by atoms with E-state index in [9.17, 15) is 13.2 Å². The second kappa shape index (κ2) is 8.55. The zero-order valence-corrected chi connectivity index (χ0v) is 17.2. The number of ether oxygens (including phenoxy) is 1. The monoisotopic (exact) mass is 440 g/mol. The van der Waals surface area contributed by atoms with Crippen molar-refractivity contribution in [2.45, 2.75) is 31.6 Å². The third-order valence-electron chi connectivity index (χ3n) is 3.58. The normalized spacial score (nSPS) is 11.1. The molecule has 0 aliphatic rings. The molecule has 0 saturated heterocycles. The second-order valence-electron chi connectivity index (χ2n) is 5.75. The van der Waals surface area contributed by atoms with E-state index in [1.165, 1.54) is 19.2 Å². The Morgan fingerprint density at radius 3 is 2.58 bits per heavy atom. The largest absolute Gasteiger partial charge is 0.495 e. The fourth-order valence-electron chi connectivity index (χ4n) is 2.33. The minimum Gasteiger partial charge on any atom is -0.495 e. The van der Waals surface area contributed by atoms with E-state index in [0.29, 0.717) is 28.7 Å². The van der Waals surface area contributed by atoms with E-state index in [4.69, 9.17) is 4.74 Å². The smallest absolute Gasteiger partial charge is 0.265 e. The molecule has 0 fully saturated rings. The Morgan fingerprint density at radius 2 is 1.92 bits per heavy atom. The van der Waals surface area contributed by atoms with Crippen LogP contribution in [0.1, 0.15) is 25.3 Å². The maximum absolute atomic E-state index is 12.9. The van der Waals surface area contributed by atoms with Gasteiger partial charge in [-0.2, -0.15) is 0 Å². The Kier molecular flexibility index (Phi) is 6.66. The summed E-state index contributed by atoms with van der Waals surface area (Å²) in [5.41, 5.74) is 1.74. The third kappa shape index (κ3) is 4.98. The van der Waals surface area contributed by atoms with Crippen molar-refractivity contribution in [1.82, 2.24) is 0 Å². The van der Waals surface area contributed by atoms with E-state index < -0.39 is 10.0 Å². The molecule has 26 heavy (non-hydrogen) atoms. The number of anilines is 2. The summed E-state index contributed by atoms with van der Waals surface area (Å²) in [5, 5.41) is 2.70. The highest BCUT2D eigenvalue weighted by Gasteiger charge is 2.22. The van der Waals surface area contributed by atoms with Crippen LogP contribution in [-0.2, 0) is 14.8 Å². The summed E-state index contributed by atoms with van der Waals surface area (Å²) < 4.78 is 34.1. The highest BCUT2D eigenvalue weighted by molar-refractivity contribution is 9.10. The molecule has 0 heterocycles. The summed E-state index contributed by atoms with van der Waals surface area (Å²) in [6.07, 6.45) is 1.07.